The van der Waals surface area contributed by atoms with Gasteiger partial charge in [0.1, 0.15) is 11.6 Å². The summed E-state index contributed by atoms with van der Waals surface area (Å²) in [4.78, 5) is 6.05. The summed E-state index contributed by atoms with van der Waals surface area (Å²) in [7, 11) is 0. The Bertz CT molecular complexity index is 628. The molecule has 1 aliphatic heterocycles. The highest BCUT2D eigenvalue weighted by molar-refractivity contribution is 5.48. The first-order valence-electron chi connectivity index (χ1n) is 6.78. The van der Waals surface area contributed by atoms with Gasteiger partial charge >= 0.3 is 0 Å². The lowest BCUT2D eigenvalue weighted by Crippen LogP contribution is -2.22. The molecule has 2 nitrogen and oxygen atoms in total. The van der Waals surface area contributed by atoms with Gasteiger partial charge in [0.2, 0.25) is 0 Å². The van der Waals surface area contributed by atoms with E-state index in [1.165, 1.54) is 18.3 Å². The van der Waals surface area contributed by atoms with Gasteiger partial charge in [-0.05, 0) is 37.0 Å². The zero-order valence-corrected chi connectivity index (χ0v) is 11.3. The van der Waals surface area contributed by atoms with E-state index < -0.39 is 0 Å². The highest BCUT2D eigenvalue weighted by Gasteiger charge is 2.27. The standard InChI is InChI=1S/C16H16F2N2/c1-11-7-12(4-5-15(11)18)16-3-2-6-20(16)14-8-13(17)9-19-10-14/h4-5,7-10,16H,2-3,6H2,1H3/t16-/m0/s1. The third-order valence-corrected chi connectivity index (χ3v) is 3.84. The molecule has 0 amide bonds. The minimum Gasteiger partial charge on any atom is -0.363 e. The zero-order valence-electron chi connectivity index (χ0n) is 11.3. The van der Waals surface area contributed by atoms with E-state index in [-0.39, 0.29) is 17.7 Å². The van der Waals surface area contributed by atoms with Gasteiger partial charge in [0.25, 0.3) is 0 Å². The van der Waals surface area contributed by atoms with E-state index in [1.807, 2.05) is 12.1 Å². The Morgan fingerprint density at radius 2 is 2.05 bits per heavy atom. The molecule has 0 N–H and O–H groups in total. The molecule has 1 saturated heterocycles. The van der Waals surface area contributed by atoms with Crippen molar-refractivity contribution in [2.45, 2.75) is 25.8 Å². The van der Waals surface area contributed by atoms with Crippen LogP contribution in [0.2, 0.25) is 0 Å². The predicted molar refractivity (Wildman–Crippen MR) is 74.7 cm³/mol. The first-order valence-corrected chi connectivity index (χ1v) is 6.78. The van der Waals surface area contributed by atoms with Crippen molar-refractivity contribution in [2.75, 3.05) is 11.4 Å². The Balaban J connectivity index is 1.94. The second kappa shape index (κ2) is 5.19. The van der Waals surface area contributed by atoms with Gasteiger partial charge in [-0.3, -0.25) is 4.98 Å². The number of aryl methyl sites for hydroxylation is 1. The summed E-state index contributed by atoms with van der Waals surface area (Å²) in [5, 5.41) is 0. The fraction of sp³-hybridized carbons (Fsp3) is 0.312. The largest absolute Gasteiger partial charge is 0.363 e. The normalized spacial score (nSPS) is 18.6. The molecule has 3 rings (SSSR count). The molecule has 1 aliphatic rings. The zero-order chi connectivity index (χ0) is 14.1. The maximum atomic E-state index is 13.4. The topological polar surface area (TPSA) is 16.1 Å². The summed E-state index contributed by atoms with van der Waals surface area (Å²) in [5.41, 5.74) is 2.51. The van der Waals surface area contributed by atoms with Crippen molar-refractivity contribution in [1.82, 2.24) is 4.98 Å². The Hall–Kier alpha value is -1.97. The van der Waals surface area contributed by atoms with Gasteiger partial charge in [0.15, 0.2) is 0 Å². The molecule has 2 heterocycles. The van der Waals surface area contributed by atoms with E-state index in [2.05, 4.69) is 9.88 Å². The molecule has 0 bridgehead atoms. The fourth-order valence-electron chi connectivity index (χ4n) is 2.86. The van der Waals surface area contributed by atoms with Gasteiger partial charge in [0.05, 0.1) is 24.1 Å². The second-order valence-corrected chi connectivity index (χ2v) is 5.22. The number of halogens is 2. The molecule has 1 aromatic carbocycles. The van der Waals surface area contributed by atoms with Crippen LogP contribution in [0.4, 0.5) is 14.5 Å². The fourth-order valence-corrected chi connectivity index (χ4v) is 2.86. The lowest BCUT2D eigenvalue weighted by atomic mass is 10.0. The van der Waals surface area contributed by atoms with E-state index in [1.54, 1.807) is 13.1 Å². The van der Waals surface area contributed by atoms with Crippen molar-refractivity contribution in [1.29, 1.82) is 0 Å². The van der Waals surface area contributed by atoms with E-state index in [9.17, 15) is 8.78 Å². The van der Waals surface area contributed by atoms with Crippen LogP contribution in [0.5, 0.6) is 0 Å². The SMILES string of the molecule is Cc1cc([C@@H]2CCCN2c2cncc(F)c2)ccc1F. The molecule has 0 aliphatic carbocycles. The summed E-state index contributed by atoms with van der Waals surface area (Å²) in [6, 6.07) is 6.87. The second-order valence-electron chi connectivity index (χ2n) is 5.22. The molecule has 0 spiro atoms. The first kappa shape index (κ1) is 13.0. The molecule has 0 radical (unpaired) electrons. The Labute approximate surface area is 117 Å². The number of nitrogens with zero attached hydrogens (tertiary/aromatic N) is 2. The lowest BCUT2D eigenvalue weighted by Gasteiger charge is -2.27. The number of hydrogen-bond donors (Lipinski definition) is 0. The van der Waals surface area contributed by atoms with Crippen LogP contribution < -0.4 is 4.90 Å². The molecule has 20 heavy (non-hydrogen) atoms. The smallest absolute Gasteiger partial charge is 0.143 e. The molecule has 104 valence electrons. The molecular formula is C16H16F2N2. The molecule has 2 aromatic rings. The third kappa shape index (κ3) is 2.38. The van der Waals surface area contributed by atoms with Crippen molar-refractivity contribution in [3.05, 3.63) is 59.4 Å². The van der Waals surface area contributed by atoms with Crippen LogP contribution in [-0.2, 0) is 0 Å². The highest BCUT2D eigenvalue weighted by Crippen LogP contribution is 2.36. The van der Waals surface area contributed by atoms with Crippen LogP contribution in [0.25, 0.3) is 0 Å². The van der Waals surface area contributed by atoms with Gasteiger partial charge in [-0.15, -0.1) is 0 Å². The number of anilines is 1. The number of pyridine rings is 1. The molecule has 1 atom stereocenters. The van der Waals surface area contributed by atoms with E-state index >= 15 is 0 Å². The summed E-state index contributed by atoms with van der Waals surface area (Å²) in [5.74, 6) is -0.519. The van der Waals surface area contributed by atoms with Gasteiger partial charge in [-0.2, -0.15) is 0 Å². The van der Waals surface area contributed by atoms with Crippen LogP contribution in [0, 0.1) is 18.6 Å². The first-order chi connectivity index (χ1) is 9.65. The summed E-state index contributed by atoms with van der Waals surface area (Å²) in [6.07, 6.45) is 4.91. The molecule has 4 heteroatoms. The van der Waals surface area contributed by atoms with E-state index in [4.69, 9.17) is 0 Å². The number of hydrogen-bond acceptors (Lipinski definition) is 2. The van der Waals surface area contributed by atoms with E-state index in [0.717, 1.165) is 30.6 Å². The summed E-state index contributed by atoms with van der Waals surface area (Å²) in [6.45, 7) is 2.63. The molecule has 1 aromatic heterocycles. The van der Waals surface area contributed by atoms with Gasteiger partial charge in [0, 0.05) is 12.6 Å². The quantitative estimate of drug-likeness (QED) is 0.822. The van der Waals surface area contributed by atoms with Crippen LogP contribution in [-0.4, -0.2) is 11.5 Å². The molecule has 1 fully saturated rings. The van der Waals surface area contributed by atoms with Crippen LogP contribution in [0.1, 0.15) is 30.0 Å². The number of benzene rings is 1. The maximum absolute atomic E-state index is 13.4. The van der Waals surface area contributed by atoms with Crippen LogP contribution in [0.3, 0.4) is 0 Å². The maximum Gasteiger partial charge on any atom is 0.143 e. The van der Waals surface area contributed by atoms with Crippen LogP contribution in [0.15, 0.2) is 36.7 Å². The minimum absolute atomic E-state index is 0.165. The number of aromatic nitrogens is 1. The molecule has 0 saturated carbocycles. The van der Waals surface area contributed by atoms with Crippen molar-refractivity contribution < 1.29 is 8.78 Å². The average Bonchev–Trinajstić information content (AvgIpc) is 2.91. The van der Waals surface area contributed by atoms with Gasteiger partial charge < -0.3 is 4.90 Å². The monoisotopic (exact) mass is 274 g/mol. The predicted octanol–water partition coefficient (Wildman–Crippen LogP) is 4.01. The van der Waals surface area contributed by atoms with Crippen molar-refractivity contribution in [3.8, 4) is 0 Å². The van der Waals surface area contributed by atoms with Gasteiger partial charge in [-0.25, -0.2) is 8.78 Å². The molecule has 0 unspecified atom stereocenters. The van der Waals surface area contributed by atoms with E-state index in [0.29, 0.717) is 5.56 Å². The Morgan fingerprint density at radius 1 is 1.20 bits per heavy atom. The third-order valence-electron chi connectivity index (χ3n) is 3.84. The summed E-state index contributed by atoms with van der Waals surface area (Å²) >= 11 is 0. The summed E-state index contributed by atoms with van der Waals surface area (Å²) < 4.78 is 26.7. The Kier molecular flexibility index (Phi) is 3.38. The van der Waals surface area contributed by atoms with Crippen LogP contribution >= 0.6 is 0 Å². The van der Waals surface area contributed by atoms with Crippen molar-refractivity contribution >= 4 is 5.69 Å². The average molecular weight is 274 g/mol. The van der Waals surface area contributed by atoms with Gasteiger partial charge in [-0.1, -0.05) is 12.1 Å². The van der Waals surface area contributed by atoms with Crippen molar-refractivity contribution in [3.63, 3.8) is 0 Å². The number of rotatable bonds is 2. The van der Waals surface area contributed by atoms with Crippen molar-refractivity contribution in [2.24, 2.45) is 0 Å². The lowest BCUT2D eigenvalue weighted by molar-refractivity contribution is 0.613. The highest BCUT2D eigenvalue weighted by atomic mass is 19.1. The minimum atomic E-state index is -0.330. The Morgan fingerprint density at radius 3 is 2.80 bits per heavy atom. The molecular weight excluding hydrogens is 258 g/mol.